The number of nitrogens with zero attached hydrogens (tertiary/aromatic N) is 6. The summed E-state index contributed by atoms with van der Waals surface area (Å²) in [5.74, 6) is -2.16. The first-order chi connectivity index (χ1) is 17.0. The number of nitroso groups, excluding NO2 is 1. The van der Waals surface area contributed by atoms with Gasteiger partial charge in [0.1, 0.15) is 17.8 Å². The van der Waals surface area contributed by atoms with Crippen LogP contribution in [0, 0.1) is 4.91 Å². The van der Waals surface area contributed by atoms with E-state index in [4.69, 9.17) is 11.5 Å². The molecule has 18 nitrogen and oxygen atoms in total. The molecule has 1 aliphatic heterocycles. The topological polar surface area (TPSA) is 270 Å². The van der Waals surface area contributed by atoms with Gasteiger partial charge in [-0.05, 0) is 18.1 Å². The van der Waals surface area contributed by atoms with Gasteiger partial charge < -0.3 is 27.4 Å². The first-order valence-corrected chi connectivity index (χ1v) is 12.6. The van der Waals surface area contributed by atoms with E-state index in [2.05, 4.69) is 36.3 Å². The van der Waals surface area contributed by atoms with E-state index < -0.39 is 46.3 Å². The monoisotopic (exact) mass is 545 g/mol. The lowest BCUT2D eigenvalue weighted by Crippen LogP contribution is -2.73. The van der Waals surface area contributed by atoms with Crippen molar-refractivity contribution in [3.8, 4) is 0 Å². The lowest BCUT2D eigenvalue weighted by molar-refractivity contribution is -0.146. The van der Waals surface area contributed by atoms with Gasteiger partial charge in [-0.1, -0.05) is 0 Å². The second-order valence-corrected chi connectivity index (χ2v) is 9.61. The predicted molar refractivity (Wildman–Crippen MR) is 123 cm³/mol. The Morgan fingerprint density at radius 3 is 2.69 bits per heavy atom. The Morgan fingerprint density at radius 2 is 2.08 bits per heavy atom. The molecule has 0 aromatic carbocycles. The summed E-state index contributed by atoms with van der Waals surface area (Å²) in [5, 5.41) is 19.5. The van der Waals surface area contributed by atoms with Crippen molar-refractivity contribution in [1.29, 1.82) is 0 Å². The Kier molecular flexibility index (Phi) is 8.45. The Bertz CT molecular complexity index is 1230. The molecule has 196 valence electrons. The quantitative estimate of drug-likeness (QED) is 0.0697. The van der Waals surface area contributed by atoms with Crippen LogP contribution in [-0.2, 0) is 33.0 Å². The van der Waals surface area contributed by atoms with Crippen molar-refractivity contribution < 1.29 is 27.4 Å². The van der Waals surface area contributed by atoms with Crippen LogP contribution in [0.5, 0.6) is 0 Å². The number of rotatable bonds is 12. The normalized spacial score (nSPS) is 18.3. The molecular formula is C16H23N11O7S2. The van der Waals surface area contributed by atoms with Gasteiger partial charge in [-0.25, -0.2) is 14.1 Å². The van der Waals surface area contributed by atoms with E-state index in [9.17, 15) is 32.3 Å². The Hall–Kier alpha value is -3.75. The summed E-state index contributed by atoms with van der Waals surface area (Å²) in [7, 11) is -4.98. The highest BCUT2D eigenvalue weighted by molar-refractivity contribution is 7.84. The molecule has 20 heteroatoms. The maximum atomic E-state index is 12.6. The number of β-lactam (4-membered cyclic amide) rings is 1. The largest absolute Gasteiger partial charge is 0.375 e. The number of urea groups is 1. The predicted octanol–water partition coefficient (Wildman–Crippen LogP) is -2.53. The summed E-state index contributed by atoms with van der Waals surface area (Å²) < 4.78 is 33.0. The van der Waals surface area contributed by atoms with Crippen LogP contribution < -0.4 is 27.4 Å². The number of nitrogens with one attached hydrogen (secondary N) is 3. The molecule has 0 saturated carbocycles. The van der Waals surface area contributed by atoms with Gasteiger partial charge in [0.2, 0.25) is 6.04 Å². The fraction of sp³-hybridized carbons (Fsp3) is 0.500. The number of amides is 4. The summed E-state index contributed by atoms with van der Waals surface area (Å²) in [5.41, 5.74) is 11.1. The number of aromatic nitrogens is 4. The molecule has 3 heterocycles. The molecule has 0 aliphatic carbocycles. The molecule has 0 spiro atoms. The number of hydrogen-bond acceptors (Lipinski definition) is 13. The van der Waals surface area contributed by atoms with Crippen molar-refractivity contribution in [2.45, 2.75) is 37.6 Å². The van der Waals surface area contributed by atoms with Crippen LogP contribution in [0.15, 0.2) is 16.8 Å². The molecule has 0 bridgehead atoms. The average molecular weight is 546 g/mol. The first kappa shape index (κ1) is 26.8. The van der Waals surface area contributed by atoms with E-state index in [1.807, 2.05) is 0 Å². The van der Waals surface area contributed by atoms with Crippen LogP contribution in [0.2, 0.25) is 0 Å². The lowest BCUT2D eigenvalue weighted by atomic mass is 9.98. The number of carbonyl (C=O) groups is 3. The molecular weight excluding hydrogens is 522 g/mol. The van der Waals surface area contributed by atoms with E-state index in [0.717, 1.165) is 16.1 Å². The average Bonchev–Trinajstić information content (AvgIpc) is 3.44. The van der Waals surface area contributed by atoms with Crippen LogP contribution in [0.1, 0.15) is 23.9 Å². The maximum absolute atomic E-state index is 12.6. The van der Waals surface area contributed by atoms with Crippen molar-refractivity contribution in [2.24, 2.45) is 10.9 Å². The van der Waals surface area contributed by atoms with Gasteiger partial charge in [-0.2, -0.15) is 23.4 Å². The molecule has 4 amide bonds. The van der Waals surface area contributed by atoms with Gasteiger partial charge in [-0.15, -0.1) is 16.2 Å². The SMILES string of the molecule is NCCCNC(=O)NCc1cnn(CC2C(NC(=O)C(N=O)c3csc(N)n3)C(=O)N2S(=O)(=O)O)n1. The van der Waals surface area contributed by atoms with E-state index in [0.29, 0.717) is 25.2 Å². The highest BCUT2D eigenvalue weighted by Gasteiger charge is 2.54. The molecule has 3 atom stereocenters. The smallest absolute Gasteiger partial charge is 0.362 e. The summed E-state index contributed by atoms with van der Waals surface area (Å²) >= 11 is 0.969. The number of carbonyl (C=O) groups excluding carboxylic acids is 3. The van der Waals surface area contributed by atoms with Gasteiger partial charge in [0.15, 0.2) is 5.13 Å². The zero-order chi connectivity index (χ0) is 26.5. The third-order valence-corrected chi connectivity index (χ3v) is 6.56. The standard InChI is InChI=1S/C16H23N11O7S2/c17-2-1-3-19-16(30)20-4-8-5-21-26(24-8)6-10-12(14(29)27(10)36(32,33)34)23-13(28)11(25-31)9-7-35-15(18)22-9/h5,7,10-12H,1-4,6,17H2,(H2,18,22)(H,23,28)(H2,19,20,30)(H,32,33,34). The first-order valence-electron chi connectivity index (χ1n) is 10.3. The van der Waals surface area contributed by atoms with Crippen molar-refractivity contribution in [3.05, 3.63) is 27.9 Å². The fourth-order valence-electron chi connectivity index (χ4n) is 3.24. The lowest BCUT2D eigenvalue weighted by Gasteiger charge is -2.43. The minimum Gasteiger partial charge on any atom is -0.375 e. The van der Waals surface area contributed by atoms with Crippen LogP contribution in [0.4, 0.5) is 9.93 Å². The van der Waals surface area contributed by atoms with Gasteiger partial charge >= 0.3 is 16.3 Å². The Balaban J connectivity index is 1.67. The molecule has 36 heavy (non-hydrogen) atoms. The highest BCUT2D eigenvalue weighted by atomic mass is 32.2. The van der Waals surface area contributed by atoms with E-state index in [-0.39, 0.29) is 28.2 Å². The van der Waals surface area contributed by atoms with Crippen molar-refractivity contribution in [1.82, 2.24) is 40.2 Å². The van der Waals surface area contributed by atoms with Crippen molar-refractivity contribution >= 4 is 44.6 Å². The van der Waals surface area contributed by atoms with Crippen LogP contribution in [-0.4, -0.2) is 80.3 Å². The van der Waals surface area contributed by atoms with Crippen LogP contribution >= 0.6 is 11.3 Å². The minimum absolute atomic E-state index is 0.0102. The number of anilines is 1. The zero-order valence-corrected chi connectivity index (χ0v) is 20.1. The van der Waals surface area contributed by atoms with Crippen LogP contribution in [0.3, 0.4) is 0 Å². The summed E-state index contributed by atoms with van der Waals surface area (Å²) in [4.78, 5) is 52.8. The second-order valence-electron chi connectivity index (χ2n) is 7.43. The molecule has 3 rings (SSSR count). The fourth-order valence-corrected chi connectivity index (χ4v) is 4.69. The molecule has 1 fully saturated rings. The third kappa shape index (κ3) is 6.27. The molecule has 0 radical (unpaired) electrons. The van der Waals surface area contributed by atoms with Gasteiger partial charge in [0, 0.05) is 11.9 Å². The van der Waals surface area contributed by atoms with E-state index >= 15 is 0 Å². The Labute approximate surface area is 207 Å². The molecule has 1 saturated heterocycles. The summed E-state index contributed by atoms with van der Waals surface area (Å²) in [6.45, 7) is 0.442. The molecule has 8 N–H and O–H groups in total. The highest BCUT2D eigenvalue weighted by Crippen LogP contribution is 2.27. The van der Waals surface area contributed by atoms with Crippen LogP contribution in [0.25, 0.3) is 0 Å². The number of thiazole rings is 1. The van der Waals surface area contributed by atoms with Gasteiger partial charge in [0.25, 0.3) is 11.8 Å². The van der Waals surface area contributed by atoms with E-state index in [1.165, 1.54) is 11.6 Å². The third-order valence-electron chi connectivity index (χ3n) is 4.92. The van der Waals surface area contributed by atoms with E-state index in [1.54, 1.807) is 0 Å². The second kappa shape index (κ2) is 11.3. The number of nitrogen functional groups attached to an aromatic ring is 1. The minimum atomic E-state index is -4.98. The van der Waals surface area contributed by atoms with Crippen molar-refractivity contribution in [2.75, 3.05) is 18.8 Å². The molecule has 1 aliphatic rings. The number of nitrogens with two attached hydrogens (primary N) is 2. The maximum Gasteiger partial charge on any atom is 0.362 e. The molecule has 3 unspecified atom stereocenters. The Morgan fingerprint density at radius 1 is 1.33 bits per heavy atom. The number of hydrogen-bond donors (Lipinski definition) is 6. The zero-order valence-electron chi connectivity index (χ0n) is 18.5. The summed E-state index contributed by atoms with van der Waals surface area (Å²) in [6.07, 6.45) is 1.90. The summed E-state index contributed by atoms with van der Waals surface area (Å²) in [6, 6.07) is -4.86. The molecule has 2 aromatic heterocycles. The van der Waals surface area contributed by atoms with Gasteiger partial charge in [-0.3, -0.25) is 14.1 Å². The van der Waals surface area contributed by atoms with Crippen molar-refractivity contribution in [3.63, 3.8) is 0 Å². The van der Waals surface area contributed by atoms with Gasteiger partial charge in [0.05, 0.1) is 25.0 Å². The molecule has 2 aromatic rings.